The number of hydrogen-bond acceptors (Lipinski definition) is 1. The first-order valence-corrected chi connectivity index (χ1v) is 8.13. The standard InChI is InChI=1S/C22H13NO/c1-2-6-14-13(5-1)9-12-19-20(14)16-10-11-18-21(22(16)24-19)15-7-3-4-8-17(15)23-18/h1-12,23H. The molecule has 0 spiro atoms. The van der Waals surface area contributed by atoms with Gasteiger partial charge in [-0.2, -0.15) is 0 Å². The first-order chi connectivity index (χ1) is 11.9. The van der Waals surface area contributed by atoms with Crippen LogP contribution in [-0.2, 0) is 0 Å². The van der Waals surface area contributed by atoms with E-state index in [1.807, 2.05) is 0 Å². The van der Waals surface area contributed by atoms with E-state index < -0.39 is 0 Å². The van der Waals surface area contributed by atoms with Gasteiger partial charge in [0, 0.05) is 21.7 Å². The molecule has 2 heteroatoms. The third-order valence-corrected chi connectivity index (χ3v) is 5.00. The van der Waals surface area contributed by atoms with Crippen molar-refractivity contribution in [1.29, 1.82) is 0 Å². The van der Waals surface area contributed by atoms with Crippen molar-refractivity contribution < 1.29 is 4.42 Å². The molecular weight excluding hydrogens is 294 g/mol. The molecule has 0 aliphatic rings. The third-order valence-electron chi connectivity index (χ3n) is 5.00. The molecule has 0 amide bonds. The van der Waals surface area contributed by atoms with E-state index in [2.05, 4.69) is 77.8 Å². The first kappa shape index (κ1) is 12.2. The molecule has 2 heterocycles. The lowest BCUT2D eigenvalue weighted by Gasteiger charge is -1.98. The summed E-state index contributed by atoms with van der Waals surface area (Å²) in [5.74, 6) is 0. The zero-order chi connectivity index (χ0) is 15.7. The topological polar surface area (TPSA) is 28.9 Å². The fourth-order valence-electron chi connectivity index (χ4n) is 3.94. The molecule has 0 saturated carbocycles. The summed E-state index contributed by atoms with van der Waals surface area (Å²) in [6.45, 7) is 0. The van der Waals surface area contributed by atoms with Gasteiger partial charge in [-0.3, -0.25) is 0 Å². The Balaban J connectivity index is 1.94. The van der Waals surface area contributed by atoms with Crippen molar-refractivity contribution in [2.24, 2.45) is 0 Å². The van der Waals surface area contributed by atoms with Crippen molar-refractivity contribution in [2.45, 2.75) is 0 Å². The van der Waals surface area contributed by atoms with Crippen LogP contribution in [0.1, 0.15) is 0 Å². The van der Waals surface area contributed by atoms with Crippen molar-refractivity contribution >= 4 is 54.5 Å². The Morgan fingerprint density at radius 1 is 0.583 bits per heavy atom. The van der Waals surface area contributed by atoms with Crippen LogP contribution in [0, 0.1) is 0 Å². The number of aromatic amines is 1. The molecular formula is C22H13NO. The van der Waals surface area contributed by atoms with Gasteiger partial charge >= 0.3 is 0 Å². The lowest BCUT2D eigenvalue weighted by atomic mass is 10.0. The SMILES string of the molecule is c1ccc2c(c1)ccc1oc3c(ccc4[nH]c5ccccc5c43)c12. The minimum absolute atomic E-state index is 0.946. The molecule has 0 fully saturated rings. The molecule has 2 nitrogen and oxygen atoms in total. The largest absolute Gasteiger partial charge is 0.455 e. The minimum Gasteiger partial charge on any atom is -0.455 e. The second kappa shape index (κ2) is 4.18. The monoisotopic (exact) mass is 307 g/mol. The maximum Gasteiger partial charge on any atom is 0.145 e. The van der Waals surface area contributed by atoms with Crippen molar-refractivity contribution in [3.63, 3.8) is 0 Å². The molecule has 1 N–H and O–H groups in total. The Hall–Kier alpha value is -3.26. The zero-order valence-electron chi connectivity index (χ0n) is 12.8. The summed E-state index contributed by atoms with van der Waals surface area (Å²) in [4.78, 5) is 3.49. The number of rotatable bonds is 0. The molecule has 6 rings (SSSR count). The van der Waals surface area contributed by atoms with Gasteiger partial charge in [0.25, 0.3) is 0 Å². The van der Waals surface area contributed by atoms with Crippen molar-refractivity contribution in [3.05, 3.63) is 72.8 Å². The average Bonchev–Trinajstić information content (AvgIpc) is 3.19. The number of H-pyrrole nitrogens is 1. The summed E-state index contributed by atoms with van der Waals surface area (Å²) in [5, 5.41) is 7.25. The molecule has 6 aromatic rings. The summed E-state index contributed by atoms with van der Waals surface area (Å²) >= 11 is 0. The highest BCUT2D eigenvalue weighted by Crippen LogP contribution is 2.40. The molecule has 0 saturated heterocycles. The fourth-order valence-corrected chi connectivity index (χ4v) is 3.94. The van der Waals surface area contributed by atoms with Gasteiger partial charge < -0.3 is 9.40 Å². The Kier molecular flexibility index (Phi) is 2.12. The van der Waals surface area contributed by atoms with Crippen LogP contribution in [0.3, 0.4) is 0 Å². The second-order valence-corrected chi connectivity index (χ2v) is 6.30. The molecule has 0 unspecified atom stereocenters. The number of nitrogens with one attached hydrogen (secondary N) is 1. The molecule has 4 aromatic carbocycles. The number of benzene rings is 4. The summed E-state index contributed by atoms with van der Waals surface area (Å²) in [6.07, 6.45) is 0. The Labute approximate surface area is 137 Å². The van der Waals surface area contributed by atoms with Gasteiger partial charge in [-0.05, 0) is 35.0 Å². The van der Waals surface area contributed by atoms with E-state index in [4.69, 9.17) is 4.42 Å². The van der Waals surface area contributed by atoms with E-state index in [0.717, 1.165) is 22.2 Å². The van der Waals surface area contributed by atoms with Gasteiger partial charge in [0.1, 0.15) is 11.2 Å². The van der Waals surface area contributed by atoms with Crippen LogP contribution >= 0.6 is 0 Å². The minimum atomic E-state index is 0.946. The van der Waals surface area contributed by atoms with Gasteiger partial charge in [-0.1, -0.05) is 48.5 Å². The number of para-hydroxylation sites is 1. The van der Waals surface area contributed by atoms with E-state index in [-0.39, 0.29) is 0 Å². The van der Waals surface area contributed by atoms with E-state index in [1.54, 1.807) is 0 Å². The predicted octanol–water partition coefficient (Wildman–Crippen LogP) is 6.37. The molecule has 0 aliphatic heterocycles. The predicted molar refractivity (Wildman–Crippen MR) is 101 cm³/mol. The van der Waals surface area contributed by atoms with Crippen LogP contribution < -0.4 is 0 Å². The normalized spacial score (nSPS) is 12.2. The van der Waals surface area contributed by atoms with Crippen LogP contribution in [0.4, 0.5) is 0 Å². The van der Waals surface area contributed by atoms with Gasteiger partial charge in [0.15, 0.2) is 0 Å². The smallest absolute Gasteiger partial charge is 0.145 e. The number of furan rings is 1. The highest BCUT2D eigenvalue weighted by molar-refractivity contribution is 6.27. The van der Waals surface area contributed by atoms with Crippen LogP contribution in [0.15, 0.2) is 77.2 Å². The quantitative estimate of drug-likeness (QED) is 0.347. The maximum atomic E-state index is 6.32. The summed E-state index contributed by atoms with van der Waals surface area (Å²) in [7, 11) is 0. The average molecular weight is 307 g/mol. The first-order valence-electron chi connectivity index (χ1n) is 8.13. The lowest BCUT2D eigenvalue weighted by Crippen LogP contribution is -1.74. The molecule has 0 radical (unpaired) electrons. The van der Waals surface area contributed by atoms with Crippen LogP contribution in [-0.4, -0.2) is 4.98 Å². The highest BCUT2D eigenvalue weighted by Gasteiger charge is 2.15. The van der Waals surface area contributed by atoms with Crippen molar-refractivity contribution in [3.8, 4) is 0 Å². The number of aromatic nitrogens is 1. The van der Waals surface area contributed by atoms with Gasteiger partial charge in [-0.15, -0.1) is 0 Å². The highest BCUT2D eigenvalue weighted by atomic mass is 16.3. The zero-order valence-corrected chi connectivity index (χ0v) is 12.8. The van der Waals surface area contributed by atoms with Crippen molar-refractivity contribution in [2.75, 3.05) is 0 Å². The molecule has 112 valence electrons. The summed E-state index contributed by atoms with van der Waals surface area (Å²) in [6, 6.07) is 25.4. The summed E-state index contributed by atoms with van der Waals surface area (Å²) < 4.78 is 6.32. The summed E-state index contributed by atoms with van der Waals surface area (Å²) in [5.41, 5.74) is 4.18. The second-order valence-electron chi connectivity index (χ2n) is 6.30. The van der Waals surface area contributed by atoms with Crippen LogP contribution in [0.2, 0.25) is 0 Å². The maximum absolute atomic E-state index is 6.32. The van der Waals surface area contributed by atoms with E-state index >= 15 is 0 Å². The Morgan fingerprint density at radius 2 is 1.42 bits per heavy atom. The van der Waals surface area contributed by atoms with Crippen LogP contribution in [0.5, 0.6) is 0 Å². The van der Waals surface area contributed by atoms with Crippen LogP contribution in [0.25, 0.3) is 54.5 Å². The molecule has 24 heavy (non-hydrogen) atoms. The van der Waals surface area contributed by atoms with E-state index in [9.17, 15) is 0 Å². The van der Waals surface area contributed by atoms with Gasteiger partial charge in [0.05, 0.1) is 10.9 Å². The number of fused-ring (bicyclic) bond motifs is 9. The number of hydrogen-bond donors (Lipinski definition) is 1. The molecule has 0 aliphatic carbocycles. The fraction of sp³-hybridized carbons (Fsp3) is 0. The Morgan fingerprint density at radius 3 is 2.38 bits per heavy atom. The van der Waals surface area contributed by atoms with Crippen molar-refractivity contribution in [1.82, 2.24) is 4.98 Å². The third kappa shape index (κ3) is 1.41. The lowest BCUT2D eigenvalue weighted by molar-refractivity contribution is 0.673. The van der Waals surface area contributed by atoms with E-state index in [1.165, 1.54) is 32.3 Å². The molecule has 2 aromatic heterocycles. The van der Waals surface area contributed by atoms with Gasteiger partial charge in [0.2, 0.25) is 0 Å². The molecule has 0 bridgehead atoms. The molecule has 0 atom stereocenters. The van der Waals surface area contributed by atoms with Gasteiger partial charge in [-0.25, -0.2) is 0 Å². The van der Waals surface area contributed by atoms with E-state index in [0.29, 0.717) is 0 Å². The Bertz CT molecular complexity index is 1400.